The lowest BCUT2D eigenvalue weighted by molar-refractivity contribution is -0.138. The smallest absolute Gasteiger partial charge is 0.195 e. The highest BCUT2D eigenvalue weighted by Gasteiger charge is 2.67. The van der Waals surface area contributed by atoms with Gasteiger partial charge in [-0.3, -0.25) is 4.79 Å². The minimum atomic E-state index is -2.12. The lowest BCUT2D eigenvalue weighted by Crippen LogP contribution is -2.51. The van der Waals surface area contributed by atoms with Crippen molar-refractivity contribution < 1.29 is 19.1 Å². The Labute approximate surface area is 196 Å². The number of aliphatic hydroxyl groups is 1. The molecule has 0 amide bonds. The van der Waals surface area contributed by atoms with E-state index in [1.165, 1.54) is 0 Å². The standard InChI is InChI=1S/C27H44O4Si/c1-7-10-15-32(16-11-8-2,17-12-9-3)31-24-22-20(4)27(13-14-27)26(6,30)23(29)21(22)18-25(24,5)19-28/h18-19,24,30H,7-17H2,1-6H3. The predicted octanol–water partition coefficient (Wildman–Crippen LogP) is 6.29. The van der Waals surface area contributed by atoms with Gasteiger partial charge < -0.3 is 14.3 Å². The number of ketones is 1. The molecule has 1 N–H and O–H groups in total. The van der Waals surface area contributed by atoms with Crippen LogP contribution in [0.1, 0.15) is 92.9 Å². The van der Waals surface area contributed by atoms with Crippen molar-refractivity contribution in [2.45, 2.75) is 123 Å². The first-order chi connectivity index (χ1) is 15.1. The van der Waals surface area contributed by atoms with Crippen molar-refractivity contribution in [2.24, 2.45) is 10.8 Å². The molecule has 5 heteroatoms. The number of carbonyl (C=O) groups excluding carboxylic acids is 2. The Bertz CT molecular complexity index is 783. The maximum Gasteiger partial charge on any atom is 0.195 e. The van der Waals surface area contributed by atoms with Gasteiger partial charge in [-0.25, -0.2) is 0 Å². The highest BCUT2D eigenvalue weighted by atomic mass is 28.4. The molecule has 1 saturated carbocycles. The average Bonchev–Trinajstić information content (AvgIpc) is 3.54. The average molecular weight is 461 g/mol. The molecule has 3 atom stereocenters. The summed E-state index contributed by atoms with van der Waals surface area (Å²) in [5, 5.41) is 11.2. The second-order valence-electron chi connectivity index (χ2n) is 11.1. The molecule has 0 heterocycles. The summed E-state index contributed by atoms with van der Waals surface area (Å²) in [7, 11) is -2.12. The third-order valence-corrected chi connectivity index (χ3v) is 13.2. The van der Waals surface area contributed by atoms with E-state index in [1.807, 2.05) is 13.0 Å². The first kappa shape index (κ1) is 25.6. The molecule has 3 aliphatic rings. The fourth-order valence-corrected chi connectivity index (χ4v) is 11.1. The van der Waals surface area contributed by atoms with Crippen molar-refractivity contribution >= 4 is 20.4 Å². The van der Waals surface area contributed by atoms with Crippen LogP contribution in [0.4, 0.5) is 0 Å². The van der Waals surface area contributed by atoms with Crippen LogP contribution in [0.15, 0.2) is 22.8 Å². The maximum atomic E-state index is 13.4. The van der Waals surface area contributed by atoms with Crippen LogP contribution in [0.2, 0.25) is 18.1 Å². The molecule has 0 aromatic rings. The molecule has 1 spiro atoms. The predicted molar refractivity (Wildman–Crippen MR) is 132 cm³/mol. The number of rotatable bonds is 12. The van der Waals surface area contributed by atoms with Crippen molar-refractivity contribution in [3.8, 4) is 0 Å². The summed E-state index contributed by atoms with van der Waals surface area (Å²) in [6.07, 6.45) is 10.9. The van der Waals surface area contributed by atoms with Gasteiger partial charge in [-0.1, -0.05) is 70.9 Å². The molecule has 3 aliphatic carbocycles. The molecule has 0 aliphatic heterocycles. The van der Waals surface area contributed by atoms with Gasteiger partial charge in [0.25, 0.3) is 0 Å². The molecule has 0 saturated heterocycles. The first-order valence-corrected chi connectivity index (χ1v) is 15.5. The fraction of sp³-hybridized carbons (Fsp3) is 0.778. The van der Waals surface area contributed by atoms with Gasteiger partial charge in [-0.05, 0) is 57.3 Å². The number of hydrogen-bond donors (Lipinski definition) is 1. The maximum absolute atomic E-state index is 13.4. The summed E-state index contributed by atoms with van der Waals surface area (Å²) in [5.74, 6) is -0.224. The van der Waals surface area contributed by atoms with Crippen LogP contribution in [-0.4, -0.2) is 37.2 Å². The largest absolute Gasteiger partial charge is 0.409 e. The second-order valence-corrected chi connectivity index (χ2v) is 15.2. The van der Waals surface area contributed by atoms with E-state index in [0.717, 1.165) is 86.9 Å². The van der Waals surface area contributed by atoms with Crippen LogP contribution in [0, 0.1) is 10.8 Å². The third kappa shape index (κ3) is 4.03. The lowest BCUT2D eigenvalue weighted by atomic mass is 9.67. The van der Waals surface area contributed by atoms with Crippen LogP contribution in [-0.2, 0) is 14.0 Å². The molecule has 0 bridgehead atoms. The van der Waals surface area contributed by atoms with Crippen molar-refractivity contribution in [1.29, 1.82) is 0 Å². The summed E-state index contributed by atoms with van der Waals surface area (Å²) >= 11 is 0. The van der Waals surface area contributed by atoms with Gasteiger partial charge in [-0.15, -0.1) is 0 Å². The van der Waals surface area contributed by atoms with Crippen molar-refractivity contribution in [2.75, 3.05) is 0 Å². The van der Waals surface area contributed by atoms with Crippen LogP contribution in [0.5, 0.6) is 0 Å². The Morgan fingerprint density at radius 1 is 1.06 bits per heavy atom. The van der Waals surface area contributed by atoms with Crippen molar-refractivity contribution in [1.82, 2.24) is 0 Å². The molecule has 0 aromatic heterocycles. The molecular weight excluding hydrogens is 416 g/mol. The second kappa shape index (κ2) is 9.30. The minimum absolute atomic E-state index is 0.224. The van der Waals surface area contributed by atoms with Crippen LogP contribution >= 0.6 is 0 Å². The highest BCUT2D eigenvalue weighted by molar-refractivity contribution is 6.74. The van der Waals surface area contributed by atoms with E-state index in [2.05, 4.69) is 27.7 Å². The summed E-state index contributed by atoms with van der Waals surface area (Å²) in [4.78, 5) is 25.9. The summed E-state index contributed by atoms with van der Waals surface area (Å²) in [6.45, 7) is 12.3. The van der Waals surface area contributed by atoms with E-state index in [-0.39, 0.29) is 5.78 Å². The third-order valence-electron chi connectivity index (χ3n) is 8.64. The molecule has 3 unspecified atom stereocenters. The van der Waals surface area contributed by atoms with E-state index in [1.54, 1.807) is 6.92 Å². The number of carbonyl (C=O) groups is 2. The van der Waals surface area contributed by atoms with E-state index in [0.29, 0.717) is 5.57 Å². The molecule has 1 fully saturated rings. The quantitative estimate of drug-likeness (QED) is 0.274. The van der Waals surface area contributed by atoms with Crippen LogP contribution in [0.3, 0.4) is 0 Å². The topological polar surface area (TPSA) is 63.6 Å². The van der Waals surface area contributed by atoms with Gasteiger partial charge in [0.05, 0.1) is 11.5 Å². The monoisotopic (exact) mass is 460 g/mol. The lowest BCUT2D eigenvalue weighted by Gasteiger charge is -2.43. The zero-order valence-electron chi connectivity index (χ0n) is 21.2. The molecule has 0 radical (unpaired) electrons. The summed E-state index contributed by atoms with van der Waals surface area (Å²) in [6, 6.07) is 3.36. The van der Waals surface area contributed by atoms with Gasteiger partial charge in [0, 0.05) is 11.0 Å². The van der Waals surface area contributed by atoms with Gasteiger partial charge in [-0.2, -0.15) is 0 Å². The Kier molecular flexibility index (Phi) is 7.44. The highest BCUT2D eigenvalue weighted by Crippen LogP contribution is 2.66. The number of unbranched alkanes of at least 4 members (excludes halogenated alkanes) is 3. The van der Waals surface area contributed by atoms with Crippen molar-refractivity contribution in [3.05, 3.63) is 22.8 Å². The number of Topliss-reactive ketones (excluding diaryl/α,β-unsaturated/α-hetero) is 1. The van der Waals surface area contributed by atoms with E-state index >= 15 is 0 Å². The SMILES string of the molecule is CCCC[Si](CCCC)(CCCC)OC1C2=C(C)C3(CC3)C(C)(O)C(=O)C2=CC1(C)C=O. The van der Waals surface area contributed by atoms with E-state index in [9.17, 15) is 14.7 Å². The molecule has 3 rings (SSSR count). The Morgan fingerprint density at radius 3 is 1.97 bits per heavy atom. The zero-order valence-corrected chi connectivity index (χ0v) is 22.2. The van der Waals surface area contributed by atoms with Gasteiger partial charge in [0.2, 0.25) is 0 Å². The Balaban J connectivity index is 2.09. The first-order valence-electron chi connectivity index (χ1n) is 12.9. The molecular formula is C27H44O4Si. The van der Waals surface area contributed by atoms with Crippen LogP contribution < -0.4 is 0 Å². The Hall–Kier alpha value is -1.04. The summed E-state index contributed by atoms with van der Waals surface area (Å²) in [5.41, 5.74) is -0.197. The van der Waals surface area contributed by atoms with Gasteiger partial charge >= 0.3 is 0 Å². The number of aldehydes is 1. The molecule has 32 heavy (non-hydrogen) atoms. The Morgan fingerprint density at radius 2 is 1.56 bits per heavy atom. The van der Waals surface area contributed by atoms with Gasteiger partial charge in [0.1, 0.15) is 11.9 Å². The minimum Gasteiger partial charge on any atom is -0.409 e. The normalized spacial score (nSPS) is 31.2. The zero-order chi connectivity index (χ0) is 23.8. The summed E-state index contributed by atoms with van der Waals surface area (Å²) < 4.78 is 7.25. The molecule has 180 valence electrons. The van der Waals surface area contributed by atoms with E-state index < -0.39 is 30.9 Å². The van der Waals surface area contributed by atoms with E-state index in [4.69, 9.17) is 4.43 Å². The van der Waals surface area contributed by atoms with Crippen LogP contribution in [0.25, 0.3) is 0 Å². The molecule has 0 aromatic carbocycles. The van der Waals surface area contributed by atoms with Gasteiger partial charge in [0.15, 0.2) is 14.1 Å². The number of hydrogen-bond acceptors (Lipinski definition) is 4. The number of fused-ring (bicyclic) bond motifs is 1. The molecule has 4 nitrogen and oxygen atoms in total. The fourth-order valence-electron chi connectivity index (χ4n) is 6.17. The van der Waals surface area contributed by atoms with Crippen molar-refractivity contribution in [3.63, 3.8) is 0 Å².